The molecule has 0 heterocycles. The first kappa shape index (κ1) is 20.4. The molecule has 0 amide bonds. The Morgan fingerprint density at radius 2 is 2.04 bits per heavy atom. The lowest BCUT2D eigenvalue weighted by Crippen LogP contribution is -2.21. The third kappa shape index (κ3) is 6.44. The monoisotopic (exact) mass is 368 g/mol. The molecule has 1 aromatic carbocycles. The van der Waals surface area contributed by atoms with Gasteiger partial charge >= 0.3 is 5.97 Å². The molecule has 130 valence electrons. The maximum Gasteiger partial charge on any atom is 0.351 e. The van der Waals surface area contributed by atoms with Crippen molar-refractivity contribution in [2.75, 3.05) is 26.1 Å². The number of nitriles is 1. The molecule has 0 unspecified atom stereocenters. The van der Waals surface area contributed by atoms with Gasteiger partial charge in [0.2, 0.25) is 0 Å². The third-order valence-corrected chi connectivity index (χ3v) is 4.11. The molecule has 7 heteroatoms. The number of thioether (sulfide) groups is 1. The fraction of sp³-hybridized carbons (Fsp3) is 0.412. The minimum Gasteiger partial charge on any atom is -0.459 e. The van der Waals surface area contributed by atoms with E-state index in [9.17, 15) is 10.1 Å². The number of rotatable bonds is 9. The topological polar surface area (TPSA) is 71.3 Å². The summed E-state index contributed by atoms with van der Waals surface area (Å²) in [6, 6.07) is 9.21. The summed E-state index contributed by atoms with van der Waals surface area (Å²) in [5.41, 5.74) is 0.952. The number of hydrogen-bond donors (Lipinski definition) is 1. The van der Waals surface area contributed by atoms with Crippen LogP contribution in [0.5, 0.6) is 0 Å². The molecule has 0 aromatic heterocycles. The summed E-state index contributed by atoms with van der Waals surface area (Å²) in [5.74, 6) is -0.655. The number of ether oxygens (including phenoxy) is 2. The Bertz CT molecular complexity index is 611. The summed E-state index contributed by atoms with van der Waals surface area (Å²) in [5, 5.41) is 13.6. The van der Waals surface area contributed by atoms with Crippen molar-refractivity contribution in [3.05, 3.63) is 45.5 Å². The number of hydrogen-bond acceptors (Lipinski definition) is 6. The summed E-state index contributed by atoms with van der Waals surface area (Å²) in [6.45, 7) is 4.77. The quantitative estimate of drug-likeness (QED) is 0.310. The molecule has 0 aliphatic heterocycles. The molecule has 0 saturated carbocycles. The average Bonchev–Trinajstić information content (AvgIpc) is 2.58. The molecule has 0 saturated heterocycles. The predicted octanol–water partition coefficient (Wildman–Crippen LogP) is 3.67. The molecule has 0 aliphatic carbocycles. The van der Waals surface area contributed by atoms with Crippen molar-refractivity contribution in [1.82, 2.24) is 5.32 Å². The Morgan fingerprint density at radius 3 is 2.58 bits per heavy atom. The Kier molecular flexibility index (Phi) is 9.31. The zero-order chi connectivity index (χ0) is 17.9. The Morgan fingerprint density at radius 1 is 1.38 bits per heavy atom. The fourth-order valence-corrected chi connectivity index (χ4v) is 2.62. The van der Waals surface area contributed by atoms with Crippen LogP contribution in [-0.2, 0) is 14.3 Å². The number of nitrogens with one attached hydrogen (secondary N) is 1. The van der Waals surface area contributed by atoms with Crippen LogP contribution in [0.15, 0.2) is 34.9 Å². The minimum atomic E-state index is -0.655. The summed E-state index contributed by atoms with van der Waals surface area (Å²) < 4.78 is 10.2. The standard InChI is InChI=1S/C17H21ClN2O3S/c1-4-22-9-10-23-17(21)15(11-19)16(24-3)20-12(2)13-5-7-14(18)8-6-13/h5-8,12,20H,4,9-10H2,1-3H3/b16-15+/t12-/m0/s1. The number of halogens is 1. The van der Waals surface area contributed by atoms with Crippen LogP contribution >= 0.6 is 23.4 Å². The zero-order valence-corrected chi connectivity index (χ0v) is 15.5. The molecule has 24 heavy (non-hydrogen) atoms. The second kappa shape index (κ2) is 11.0. The van der Waals surface area contributed by atoms with Crippen LogP contribution in [0.3, 0.4) is 0 Å². The van der Waals surface area contributed by atoms with Crippen molar-refractivity contribution in [3.63, 3.8) is 0 Å². The van der Waals surface area contributed by atoms with Gasteiger partial charge in [0.1, 0.15) is 12.7 Å². The van der Waals surface area contributed by atoms with Gasteiger partial charge in [0.05, 0.1) is 11.6 Å². The summed E-state index contributed by atoms with van der Waals surface area (Å²) in [6.07, 6.45) is 1.79. The molecule has 1 rings (SSSR count). The lowest BCUT2D eigenvalue weighted by atomic mass is 10.1. The van der Waals surface area contributed by atoms with Gasteiger partial charge in [-0.2, -0.15) is 5.26 Å². The molecule has 1 atom stereocenters. The van der Waals surface area contributed by atoms with E-state index in [-0.39, 0.29) is 18.2 Å². The van der Waals surface area contributed by atoms with Gasteiger partial charge in [0.15, 0.2) is 5.57 Å². The minimum absolute atomic E-state index is 0.0418. The predicted molar refractivity (Wildman–Crippen MR) is 96.6 cm³/mol. The second-order valence-electron chi connectivity index (χ2n) is 4.77. The molecule has 1 N–H and O–H groups in total. The first-order valence-electron chi connectivity index (χ1n) is 7.48. The van der Waals surface area contributed by atoms with Gasteiger partial charge in [0.25, 0.3) is 0 Å². The van der Waals surface area contributed by atoms with Crippen LogP contribution in [0, 0.1) is 11.3 Å². The highest BCUT2D eigenvalue weighted by molar-refractivity contribution is 8.02. The first-order chi connectivity index (χ1) is 11.5. The van der Waals surface area contributed by atoms with Gasteiger partial charge in [-0.3, -0.25) is 0 Å². The Labute approximate surface area is 152 Å². The SMILES string of the molecule is CCOCCOC(=O)/C(C#N)=C(\N[C@@H](C)c1ccc(Cl)cc1)SC. The molecule has 0 fully saturated rings. The van der Waals surface area contributed by atoms with Crippen molar-refractivity contribution in [1.29, 1.82) is 5.26 Å². The Balaban J connectivity index is 2.81. The van der Waals surface area contributed by atoms with Gasteiger partial charge in [0, 0.05) is 17.7 Å². The normalized spacial score (nSPS) is 12.8. The van der Waals surface area contributed by atoms with Gasteiger partial charge in [-0.05, 0) is 37.8 Å². The highest BCUT2D eigenvalue weighted by atomic mass is 35.5. The van der Waals surface area contributed by atoms with Crippen LogP contribution in [0.1, 0.15) is 25.5 Å². The van der Waals surface area contributed by atoms with Crippen molar-refractivity contribution in [2.24, 2.45) is 0 Å². The van der Waals surface area contributed by atoms with Crippen molar-refractivity contribution < 1.29 is 14.3 Å². The zero-order valence-electron chi connectivity index (χ0n) is 14.0. The van der Waals surface area contributed by atoms with Crippen molar-refractivity contribution >= 4 is 29.3 Å². The van der Waals surface area contributed by atoms with E-state index in [0.717, 1.165) is 5.56 Å². The van der Waals surface area contributed by atoms with E-state index >= 15 is 0 Å². The number of carbonyl (C=O) groups is 1. The van der Waals surface area contributed by atoms with Gasteiger partial charge in [-0.1, -0.05) is 23.7 Å². The summed E-state index contributed by atoms with van der Waals surface area (Å²) in [4.78, 5) is 12.1. The van der Waals surface area contributed by atoms with E-state index in [1.54, 1.807) is 18.4 Å². The Hall–Kier alpha value is -1.68. The molecule has 5 nitrogen and oxygen atoms in total. The van der Waals surface area contributed by atoms with E-state index < -0.39 is 5.97 Å². The van der Waals surface area contributed by atoms with Crippen LogP contribution in [0.4, 0.5) is 0 Å². The van der Waals surface area contributed by atoms with Crippen molar-refractivity contribution in [2.45, 2.75) is 19.9 Å². The maximum atomic E-state index is 12.1. The van der Waals surface area contributed by atoms with Crippen LogP contribution in [-0.4, -0.2) is 32.0 Å². The molecule has 1 aromatic rings. The van der Waals surface area contributed by atoms with Gasteiger partial charge in [-0.15, -0.1) is 11.8 Å². The van der Waals surface area contributed by atoms with Gasteiger partial charge < -0.3 is 14.8 Å². The fourth-order valence-electron chi connectivity index (χ4n) is 1.86. The largest absolute Gasteiger partial charge is 0.459 e. The van der Waals surface area contributed by atoms with Crippen LogP contribution in [0.2, 0.25) is 5.02 Å². The van der Waals surface area contributed by atoms with Gasteiger partial charge in [-0.25, -0.2) is 4.79 Å². The molecule has 0 spiro atoms. The molecule has 0 aliphatic rings. The number of carbonyl (C=O) groups excluding carboxylic acids is 1. The summed E-state index contributed by atoms with van der Waals surface area (Å²) >= 11 is 7.18. The number of esters is 1. The second-order valence-corrected chi connectivity index (χ2v) is 6.02. The number of benzene rings is 1. The van der Waals surface area contributed by atoms with Crippen molar-refractivity contribution in [3.8, 4) is 6.07 Å². The third-order valence-electron chi connectivity index (χ3n) is 3.13. The maximum absolute atomic E-state index is 12.1. The lowest BCUT2D eigenvalue weighted by Gasteiger charge is -2.18. The van der Waals surface area contributed by atoms with E-state index in [1.807, 2.05) is 32.0 Å². The molecule has 0 radical (unpaired) electrons. The smallest absolute Gasteiger partial charge is 0.351 e. The lowest BCUT2D eigenvalue weighted by molar-refractivity contribution is -0.140. The molecular weight excluding hydrogens is 348 g/mol. The highest BCUT2D eigenvalue weighted by Crippen LogP contribution is 2.22. The van der Waals surface area contributed by atoms with E-state index in [0.29, 0.717) is 23.3 Å². The first-order valence-corrected chi connectivity index (χ1v) is 9.09. The summed E-state index contributed by atoms with van der Waals surface area (Å²) in [7, 11) is 0. The highest BCUT2D eigenvalue weighted by Gasteiger charge is 2.18. The van der Waals surface area contributed by atoms with E-state index in [4.69, 9.17) is 21.1 Å². The van der Waals surface area contributed by atoms with E-state index in [1.165, 1.54) is 11.8 Å². The number of nitrogens with zero attached hydrogens (tertiary/aromatic N) is 1. The molecular formula is C17H21ClN2O3S. The average molecular weight is 369 g/mol. The van der Waals surface area contributed by atoms with Crippen LogP contribution < -0.4 is 5.32 Å². The van der Waals surface area contributed by atoms with E-state index in [2.05, 4.69) is 5.32 Å². The van der Waals surface area contributed by atoms with Crippen LogP contribution in [0.25, 0.3) is 0 Å². The molecule has 0 bridgehead atoms.